The summed E-state index contributed by atoms with van der Waals surface area (Å²) in [7, 11) is 1.00. The minimum atomic E-state index is 0.690. The first-order chi connectivity index (χ1) is 10.7. The molecular weight excluding hydrogens is 282 g/mol. The molecule has 0 aliphatic carbocycles. The topological polar surface area (TPSA) is 78.5 Å². The molecule has 6 nitrogen and oxygen atoms in total. The number of aromatic amines is 1. The summed E-state index contributed by atoms with van der Waals surface area (Å²) in [6.45, 7) is 12.6. The van der Waals surface area contributed by atoms with Gasteiger partial charge in [-0.25, -0.2) is 4.98 Å². The van der Waals surface area contributed by atoms with Crippen LogP contribution in [0.3, 0.4) is 0 Å². The zero-order valence-electron chi connectivity index (χ0n) is 13.5. The number of rotatable bonds is 3. The number of hydrogen-bond donors (Lipinski definition) is 2. The third kappa shape index (κ3) is 6.41. The molecule has 0 unspecified atom stereocenters. The molecule has 122 valence electrons. The van der Waals surface area contributed by atoms with Crippen molar-refractivity contribution < 1.29 is 14.6 Å². The number of aliphatic hydroxyl groups is 1. The van der Waals surface area contributed by atoms with Gasteiger partial charge in [0.2, 0.25) is 0 Å². The Morgan fingerprint density at radius 3 is 2.73 bits per heavy atom. The number of imidazole rings is 1. The van der Waals surface area contributed by atoms with Crippen LogP contribution in [-0.4, -0.2) is 47.0 Å². The van der Waals surface area contributed by atoms with E-state index in [0.717, 1.165) is 37.3 Å². The van der Waals surface area contributed by atoms with Crippen molar-refractivity contribution in [2.45, 2.75) is 20.4 Å². The van der Waals surface area contributed by atoms with E-state index in [1.165, 1.54) is 5.57 Å². The van der Waals surface area contributed by atoms with Crippen LogP contribution in [0.25, 0.3) is 0 Å². The number of nitrogens with zero attached hydrogens (tertiary/aromatic N) is 2. The minimum absolute atomic E-state index is 0.690. The molecule has 2 heterocycles. The monoisotopic (exact) mass is 307 g/mol. The summed E-state index contributed by atoms with van der Waals surface area (Å²) in [5.74, 6) is 0.849. The van der Waals surface area contributed by atoms with E-state index < -0.39 is 0 Å². The molecule has 0 radical (unpaired) electrons. The lowest BCUT2D eigenvalue weighted by Gasteiger charge is -2.32. The molecule has 0 saturated carbocycles. The smallest absolute Gasteiger partial charge is 0.142 e. The van der Waals surface area contributed by atoms with Crippen molar-refractivity contribution in [2.24, 2.45) is 0 Å². The van der Waals surface area contributed by atoms with Crippen LogP contribution in [-0.2, 0) is 16.1 Å². The molecule has 1 aliphatic heterocycles. The first-order valence-corrected chi connectivity index (χ1v) is 6.80. The van der Waals surface area contributed by atoms with E-state index in [4.69, 9.17) is 14.6 Å². The highest BCUT2D eigenvalue weighted by molar-refractivity contribution is 5.28. The largest absolute Gasteiger partial charge is 0.490 e. The quantitative estimate of drug-likeness (QED) is 0.893. The fraction of sp³-hybridized carbons (Fsp3) is 0.375. The van der Waals surface area contributed by atoms with Gasteiger partial charge in [0.1, 0.15) is 19.2 Å². The van der Waals surface area contributed by atoms with E-state index in [9.17, 15) is 0 Å². The van der Waals surface area contributed by atoms with Gasteiger partial charge in [0, 0.05) is 13.3 Å². The van der Waals surface area contributed by atoms with E-state index in [1.54, 1.807) is 6.33 Å². The number of aliphatic hydroxyl groups excluding tert-OH is 1. The van der Waals surface area contributed by atoms with Gasteiger partial charge in [-0.2, -0.15) is 0 Å². The van der Waals surface area contributed by atoms with Crippen LogP contribution in [0, 0.1) is 0 Å². The van der Waals surface area contributed by atoms with Crippen molar-refractivity contribution >= 4 is 6.79 Å². The molecular formula is C16H25N3O3. The highest BCUT2D eigenvalue weighted by Gasteiger charge is 2.19. The molecule has 0 amide bonds. The zero-order chi connectivity index (χ0) is 17.0. The molecule has 0 aromatic carbocycles. The Kier molecular flexibility index (Phi) is 10.1. The van der Waals surface area contributed by atoms with Crippen molar-refractivity contribution in [1.82, 2.24) is 14.9 Å². The third-order valence-electron chi connectivity index (χ3n) is 2.77. The van der Waals surface area contributed by atoms with Crippen LogP contribution < -0.4 is 0 Å². The van der Waals surface area contributed by atoms with Crippen molar-refractivity contribution in [3.63, 3.8) is 0 Å². The van der Waals surface area contributed by atoms with Gasteiger partial charge in [-0.05, 0) is 19.9 Å². The SMILES string of the molecule is C=C1/C(=C\C=C(C)C)OCCN1Cc1cnc[nH]1.C=O.CO. The molecule has 0 atom stereocenters. The lowest BCUT2D eigenvalue weighted by Crippen LogP contribution is -2.32. The number of carbonyl (C=O) groups excluding carboxylic acids is 1. The fourth-order valence-corrected chi connectivity index (χ4v) is 1.78. The molecule has 1 aliphatic rings. The van der Waals surface area contributed by atoms with E-state index in [-0.39, 0.29) is 0 Å². The lowest BCUT2D eigenvalue weighted by atomic mass is 10.2. The molecule has 1 aromatic heterocycles. The average molecular weight is 307 g/mol. The summed E-state index contributed by atoms with van der Waals surface area (Å²) < 4.78 is 5.64. The average Bonchev–Trinajstić information content (AvgIpc) is 3.05. The van der Waals surface area contributed by atoms with Crippen molar-refractivity contribution in [3.05, 3.63) is 54.0 Å². The molecule has 1 saturated heterocycles. The molecule has 1 fully saturated rings. The van der Waals surface area contributed by atoms with Crippen LogP contribution >= 0.6 is 0 Å². The minimum Gasteiger partial charge on any atom is -0.490 e. The Morgan fingerprint density at radius 1 is 1.50 bits per heavy atom. The van der Waals surface area contributed by atoms with Gasteiger partial charge in [-0.1, -0.05) is 18.2 Å². The van der Waals surface area contributed by atoms with Gasteiger partial charge in [0.25, 0.3) is 0 Å². The number of aromatic nitrogens is 2. The van der Waals surface area contributed by atoms with Crippen molar-refractivity contribution in [1.29, 1.82) is 0 Å². The third-order valence-corrected chi connectivity index (χ3v) is 2.77. The van der Waals surface area contributed by atoms with Crippen LogP contribution in [0.1, 0.15) is 19.5 Å². The summed E-state index contributed by atoms with van der Waals surface area (Å²) in [6, 6.07) is 0. The number of hydrogen-bond acceptors (Lipinski definition) is 5. The maximum absolute atomic E-state index is 8.00. The Balaban J connectivity index is 0.00000102. The van der Waals surface area contributed by atoms with Crippen molar-refractivity contribution in [3.8, 4) is 0 Å². The molecule has 0 bridgehead atoms. The van der Waals surface area contributed by atoms with Crippen LogP contribution in [0.5, 0.6) is 0 Å². The van der Waals surface area contributed by atoms with Crippen LogP contribution in [0.4, 0.5) is 0 Å². The number of H-pyrrole nitrogens is 1. The maximum atomic E-state index is 8.00. The number of ether oxygens (including phenoxy) is 1. The van der Waals surface area contributed by atoms with Gasteiger partial charge in [0.05, 0.1) is 30.8 Å². The highest BCUT2D eigenvalue weighted by atomic mass is 16.5. The first kappa shape index (κ1) is 19.7. The highest BCUT2D eigenvalue weighted by Crippen LogP contribution is 2.21. The standard InChI is InChI=1S/C14H19N3O.CH4O.CH2O/c1-11(2)4-5-14-12(3)17(6-7-18-14)9-13-8-15-10-16-13;2*1-2/h4-5,8,10H,3,6-7,9H2,1-2H3,(H,15,16);2H,1H3;1H2/b14-5+;;. The number of allylic oxidation sites excluding steroid dienone is 3. The van der Waals surface area contributed by atoms with Gasteiger partial charge in [-0.15, -0.1) is 0 Å². The second-order valence-electron chi connectivity index (χ2n) is 4.57. The van der Waals surface area contributed by atoms with Gasteiger partial charge in [0.15, 0.2) is 0 Å². The summed E-state index contributed by atoms with van der Waals surface area (Å²) in [5, 5.41) is 7.00. The molecule has 1 aromatic rings. The molecule has 6 heteroatoms. The van der Waals surface area contributed by atoms with Crippen LogP contribution in [0.15, 0.2) is 48.3 Å². The van der Waals surface area contributed by atoms with E-state index in [2.05, 4.69) is 35.3 Å². The fourth-order valence-electron chi connectivity index (χ4n) is 1.78. The van der Waals surface area contributed by atoms with E-state index >= 15 is 0 Å². The number of morpholine rings is 1. The molecule has 2 rings (SSSR count). The van der Waals surface area contributed by atoms with Gasteiger partial charge < -0.3 is 24.5 Å². The number of carbonyl (C=O) groups is 1. The summed E-state index contributed by atoms with van der Waals surface area (Å²) in [5.41, 5.74) is 3.25. The predicted octanol–water partition coefficient (Wildman–Crippen LogP) is 2.03. The van der Waals surface area contributed by atoms with Gasteiger partial charge in [-0.3, -0.25) is 0 Å². The Labute approximate surface area is 131 Å². The number of nitrogens with one attached hydrogen (secondary N) is 1. The lowest BCUT2D eigenvalue weighted by molar-refractivity contribution is -0.0979. The van der Waals surface area contributed by atoms with Crippen molar-refractivity contribution in [2.75, 3.05) is 20.3 Å². The molecule has 2 N–H and O–H groups in total. The second-order valence-corrected chi connectivity index (χ2v) is 4.57. The zero-order valence-corrected chi connectivity index (χ0v) is 13.5. The summed E-state index contributed by atoms with van der Waals surface area (Å²) in [6.07, 6.45) is 7.55. The van der Waals surface area contributed by atoms with Gasteiger partial charge >= 0.3 is 0 Å². The maximum Gasteiger partial charge on any atom is 0.142 e. The predicted molar refractivity (Wildman–Crippen MR) is 86.9 cm³/mol. The summed E-state index contributed by atoms with van der Waals surface area (Å²) >= 11 is 0. The van der Waals surface area contributed by atoms with E-state index in [1.807, 2.05) is 25.1 Å². The Morgan fingerprint density at radius 2 is 2.18 bits per heavy atom. The van der Waals surface area contributed by atoms with Crippen LogP contribution in [0.2, 0.25) is 0 Å². The normalized spacial score (nSPS) is 15.0. The van der Waals surface area contributed by atoms with E-state index in [0.29, 0.717) is 6.61 Å². The Hall–Kier alpha value is -2.34. The summed E-state index contributed by atoms with van der Waals surface area (Å²) in [4.78, 5) is 17.3. The second kappa shape index (κ2) is 11.3. The first-order valence-electron chi connectivity index (χ1n) is 6.80. The Bertz CT molecular complexity index is 489. The molecule has 0 spiro atoms. The molecule has 22 heavy (non-hydrogen) atoms.